The van der Waals surface area contributed by atoms with Gasteiger partial charge in [-0.05, 0) is 58.4 Å². The molecular formula is C15H26N2O2. The monoisotopic (exact) mass is 266 g/mol. The largest absolute Gasteiger partial charge is 0.465 e. The maximum atomic E-state index is 12.2. The average Bonchev–Trinajstić information content (AvgIpc) is 3.13. The van der Waals surface area contributed by atoms with E-state index in [1.807, 2.05) is 14.0 Å². The molecule has 1 aliphatic heterocycles. The van der Waals surface area contributed by atoms with Crippen LogP contribution in [-0.2, 0) is 9.53 Å². The van der Waals surface area contributed by atoms with E-state index < -0.39 is 5.54 Å². The van der Waals surface area contributed by atoms with E-state index in [0.29, 0.717) is 12.6 Å². The topological polar surface area (TPSA) is 41.6 Å². The average molecular weight is 266 g/mol. The third kappa shape index (κ3) is 2.19. The molecule has 3 aliphatic rings. The van der Waals surface area contributed by atoms with Gasteiger partial charge < -0.3 is 10.1 Å². The lowest BCUT2D eigenvalue weighted by Crippen LogP contribution is -2.51. The van der Waals surface area contributed by atoms with E-state index in [1.54, 1.807) is 0 Å². The molecule has 1 saturated heterocycles. The van der Waals surface area contributed by atoms with Gasteiger partial charge >= 0.3 is 5.97 Å². The fraction of sp³-hybridized carbons (Fsp3) is 0.933. The van der Waals surface area contributed by atoms with Gasteiger partial charge in [0, 0.05) is 18.6 Å². The zero-order valence-corrected chi connectivity index (χ0v) is 12.2. The number of carbonyl (C=O) groups is 1. The maximum absolute atomic E-state index is 12.2. The Balaban J connectivity index is 1.66. The summed E-state index contributed by atoms with van der Waals surface area (Å²) in [4.78, 5) is 14.9. The molecule has 2 bridgehead atoms. The summed E-state index contributed by atoms with van der Waals surface area (Å²) >= 11 is 0. The van der Waals surface area contributed by atoms with Crippen molar-refractivity contribution in [3.8, 4) is 0 Å². The van der Waals surface area contributed by atoms with E-state index in [1.165, 1.54) is 25.8 Å². The summed E-state index contributed by atoms with van der Waals surface area (Å²) in [5.41, 5.74) is -0.428. The third-order valence-electron chi connectivity index (χ3n) is 5.55. The summed E-state index contributed by atoms with van der Waals surface area (Å²) in [6, 6.07) is 1.37. The Morgan fingerprint density at radius 2 is 2.21 bits per heavy atom. The number of piperidine rings is 1. The molecule has 4 nitrogen and oxygen atoms in total. The molecule has 1 heterocycles. The normalized spacial score (nSPS) is 41.9. The van der Waals surface area contributed by atoms with Crippen LogP contribution < -0.4 is 5.32 Å². The first kappa shape index (κ1) is 13.4. The van der Waals surface area contributed by atoms with E-state index >= 15 is 0 Å². The number of likely N-dealkylation sites (N-methyl/N-ethyl adjacent to an activating group) is 1. The lowest BCUT2D eigenvalue weighted by atomic mass is 9.97. The Bertz CT molecular complexity index is 360. The van der Waals surface area contributed by atoms with Gasteiger partial charge in [-0.15, -0.1) is 0 Å². The number of hydrogen-bond donors (Lipinski definition) is 1. The highest BCUT2D eigenvalue weighted by atomic mass is 16.5. The molecule has 3 rings (SSSR count). The number of rotatable bonds is 4. The van der Waals surface area contributed by atoms with Gasteiger partial charge in [0.25, 0.3) is 0 Å². The molecular weight excluding hydrogens is 240 g/mol. The Hall–Kier alpha value is -0.610. The molecule has 2 saturated carbocycles. The van der Waals surface area contributed by atoms with Crippen molar-refractivity contribution in [3.63, 3.8) is 0 Å². The quantitative estimate of drug-likeness (QED) is 0.784. The van der Waals surface area contributed by atoms with Crippen molar-refractivity contribution in [3.05, 3.63) is 0 Å². The molecule has 108 valence electrons. The molecule has 0 aromatic rings. The van der Waals surface area contributed by atoms with E-state index in [0.717, 1.165) is 31.2 Å². The van der Waals surface area contributed by atoms with Crippen molar-refractivity contribution in [2.24, 2.45) is 5.92 Å². The molecule has 0 aromatic heterocycles. The van der Waals surface area contributed by atoms with Crippen molar-refractivity contribution in [2.75, 3.05) is 20.2 Å². The molecule has 0 radical (unpaired) electrons. The standard InChI is InChI=1S/C15H26N2O2/c1-3-19-14(18)15(16-2)7-6-13(9-15)17-10-11-4-5-12(17)8-11/h11-13,16H,3-10H2,1-2H3. The minimum Gasteiger partial charge on any atom is -0.465 e. The molecule has 4 atom stereocenters. The van der Waals surface area contributed by atoms with Crippen molar-refractivity contribution in [1.29, 1.82) is 0 Å². The van der Waals surface area contributed by atoms with E-state index in [2.05, 4.69) is 10.2 Å². The summed E-state index contributed by atoms with van der Waals surface area (Å²) in [7, 11) is 1.90. The third-order valence-corrected chi connectivity index (χ3v) is 5.55. The Morgan fingerprint density at radius 3 is 2.79 bits per heavy atom. The predicted octanol–water partition coefficient (Wildman–Crippen LogP) is 1.54. The molecule has 0 aromatic carbocycles. The van der Waals surface area contributed by atoms with Gasteiger partial charge in [-0.3, -0.25) is 9.69 Å². The van der Waals surface area contributed by atoms with Crippen molar-refractivity contribution >= 4 is 5.97 Å². The number of hydrogen-bond acceptors (Lipinski definition) is 4. The Morgan fingerprint density at radius 1 is 1.37 bits per heavy atom. The van der Waals surface area contributed by atoms with Gasteiger partial charge in [-0.1, -0.05) is 0 Å². The second kappa shape index (κ2) is 5.06. The van der Waals surface area contributed by atoms with E-state index in [9.17, 15) is 4.79 Å². The first-order chi connectivity index (χ1) is 9.18. The van der Waals surface area contributed by atoms with Gasteiger partial charge in [-0.25, -0.2) is 0 Å². The highest BCUT2D eigenvalue weighted by molar-refractivity contribution is 5.81. The predicted molar refractivity (Wildman–Crippen MR) is 73.9 cm³/mol. The number of nitrogens with one attached hydrogen (secondary N) is 1. The SMILES string of the molecule is CCOC(=O)C1(NC)CCC(N2CC3CCC2C3)C1. The summed E-state index contributed by atoms with van der Waals surface area (Å²) in [5, 5.41) is 3.26. The van der Waals surface area contributed by atoms with Crippen LogP contribution in [0.15, 0.2) is 0 Å². The molecule has 1 N–H and O–H groups in total. The van der Waals surface area contributed by atoms with Crippen LogP contribution in [0.3, 0.4) is 0 Å². The highest BCUT2D eigenvalue weighted by Crippen LogP contribution is 2.43. The molecule has 0 amide bonds. The number of carbonyl (C=O) groups excluding carboxylic acids is 1. The zero-order chi connectivity index (χ0) is 13.5. The summed E-state index contributed by atoms with van der Waals surface area (Å²) in [6.45, 7) is 3.62. The van der Waals surface area contributed by atoms with Crippen LogP contribution in [-0.4, -0.2) is 48.7 Å². The first-order valence-electron chi connectivity index (χ1n) is 7.80. The number of esters is 1. The Labute approximate surface area is 115 Å². The molecule has 19 heavy (non-hydrogen) atoms. The minimum atomic E-state index is -0.428. The van der Waals surface area contributed by atoms with Crippen molar-refractivity contribution in [1.82, 2.24) is 10.2 Å². The summed E-state index contributed by atoms with van der Waals surface area (Å²) in [5.74, 6) is 0.876. The van der Waals surface area contributed by atoms with Crippen LogP contribution in [0.25, 0.3) is 0 Å². The van der Waals surface area contributed by atoms with Crippen LogP contribution in [0.2, 0.25) is 0 Å². The summed E-state index contributed by atoms with van der Waals surface area (Å²) < 4.78 is 5.27. The van der Waals surface area contributed by atoms with Crippen LogP contribution in [0.4, 0.5) is 0 Å². The van der Waals surface area contributed by atoms with Gasteiger partial charge in [0.1, 0.15) is 5.54 Å². The molecule has 4 heteroatoms. The zero-order valence-electron chi connectivity index (χ0n) is 12.2. The smallest absolute Gasteiger partial charge is 0.326 e. The van der Waals surface area contributed by atoms with Crippen molar-refractivity contribution < 1.29 is 9.53 Å². The number of likely N-dealkylation sites (tertiary alicyclic amines) is 1. The molecule has 2 aliphatic carbocycles. The minimum absolute atomic E-state index is 0.0515. The molecule has 4 unspecified atom stereocenters. The molecule has 3 fully saturated rings. The van der Waals surface area contributed by atoms with Gasteiger partial charge in [0.05, 0.1) is 6.61 Å². The first-order valence-corrected chi connectivity index (χ1v) is 7.80. The second-order valence-corrected chi connectivity index (χ2v) is 6.48. The molecule has 0 spiro atoms. The highest BCUT2D eigenvalue weighted by Gasteiger charge is 2.50. The number of ether oxygens (including phenoxy) is 1. The van der Waals surface area contributed by atoms with E-state index in [4.69, 9.17) is 4.74 Å². The number of fused-ring (bicyclic) bond motifs is 2. The van der Waals surface area contributed by atoms with Gasteiger partial charge in [0.15, 0.2) is 0 Å². The lowest BCUT2D eigenvalue weighted by Gasteiger charge is -2.34. The Kier molecular flexibility index (Phi) is 3.56. The number of nitrogens with zero attached hydrogens (tertiary/aromatic N) is 1. The second-order valence-electron chi connectivity index (χ2n) is 6.48. The van der Waals surface area contributed by atoms with Gasteiger partial charge in [-0.2, -0.15) is 0 Å². The van der Waals surface area contributed by atoms with Gasteiger partial charge in [0.2, 0.25) is 0 Å². The maximum Gasteiger partial charge on any atom is 0.326 e. The van der Waals surface area contributed by atoms with E-state index in [-0.39, 0.29) is 5.97 Å². The van der Waals surface area contributed by atoms with Crippen molar-refractivity contribution in [2.45, 2.75) is 63.1 Å². The van der Waals surface area contributed by atoms with Crippen LogP contribution in [0.1, 0.15) is 45.4 Å². The van der Waals surface area contributed by atoms with Crippen LogP contribution in [0.5, 0.6) is 0 Å². The lowest BCUT2D eigenvalue weighted by molar-refractivity contribution is -0.151. The fourth-order valence-corrected chi connectivity index (χ4v) is 4.50. The van der Waals surface area contributed by atoms with Crippen LogP contribution in [0, 0.1) is 5.92 Å². The summed E-state index contributed by atoms with van der Waals surface area (Å²) in [6.07, 6.45) is 7.15. The fourth-order valence-electron chi connectivity index (χ4n) is 4.50. The van der Waals surface area contributed by atoms with Crippen LogP contribution >= 0.6 is 0 Å².